The highest BCUT2D eigenvalue weighted by molar-refractivity contribution is 5.14. The maximum Gasteiger partial charge on any atom is 0.0206 e. The van der Waals surface area contributed by atoms with Gasteiger partial charge in [-0.2, -0.15) is 0 Å². The summed E-state index contributed by atoms with van der Waals surface area (Å²) in [6.45, 7) is 4.68. The van der Waals surface area contributed by atoms with E-state index in [1.165, 1.54) is 57.2 Å². The Morgan fingerprint density at radius 2 is 1.80 bits per heavy atom. The van der Waals surface area contributed by atoms with Crippen molar-refractivity contribution in [3.05, 3.63) is 35.9 Å². The Kier molecular flexibility index (Phi) is 5.10. The molecule has 110 valence electrons. The molecule has 1 heterocycles. The van der Waals surface area contributed by atoms with Crippen molar-refractivity contribution in [2.45, 2.75) is 51.1 Å². The van der Waals surface area contributed by atoms with Crippen LogP contribution in [-0.4, -0.2) is 30.6 Å². The van der Waals surface area contributed by atoms with E-state index in [0.29, 0.717) is 0 Å². The average molecular weight is 272 g/mol. The van der Waals surface area contributed by atoms with Gasteiger partial charge in [-0.1, -0.05) is 43.2 Å². The van der Waals surface area contributed by atoms with Crippen molar-refractivity contribution in [2.75, 3.05) is 19.6 Å². The van der Waals surface area contributed by atoms with Gasteiger partial charge in [0, 0.05) is 25.7 Å². The monoisotopic (exact) mass is 272 g/mol. The van der Waals surface area contributed by atoms with E-state index >= 15 is 0 Å². The van der Waals surface area contributed by atoms with E-state index in [9.17, 15) is 0 Å². The maximum atomic E-state index is 3.60. The number of hydrogen-bond donors (Lipinski definition) is 1. The lowest BCUT2D eigenvalue weighted by Crippen LogP contribution is -2.48. The number of nitrogens with zero attached hydrogens (tertiary/aromatic N) is 1. The lowest BCUT2D eigenvalue weighted by molar-refractivity contribution is 0.0618. The molecule has 2 aliphatic rings. The van der Waals surface area contributed by atoms with Crippen LogP contribution in [0.5, 0.6) is 0 Å². The van der Waals surface area contributed by atoms with Gasteiger partial charge in [0.2, 0.25) is 0 Å². The summed E-state index contributed by atoms with van der Waals surface area (Å²) in [5.74, 6) is 1.01. The summed E-state index contributed by atoms with van der Waals surface area (Å²) >= 11 is 0. The molecule has 0 bridgehead atoms. The van der Waals surface area contributed by atoms with Gasteiger partial charge < -0.3 is 5.32 Å². The Morgan fingerprint density at radius 3 is 2.70 bits per heavy atom. The number of rotatable bonds is 5. The molecular formula is C18H28N2. The summed E-state index contributed by atoms with van der Waals surface area (Å²) in [4.78, 5) is 2.77. The molecule has 0 spiro atoms. The first-order valence-corrected chi connectivity index (χ1v) is 8.42. The lowest BCUT2D eigenvalue weighted by atomic mass is 9.78. The molecule has 0 amide bonds. The third-order valence-electron chi connectivity index (χ3n) is 5.11. The van der Waals surface area contributed by atoms with E-state index in [-0.39, 0.29) is 0 Å². The summed E-state index contributed by atoms with van der Waals surface area (Å²) in [6, 6.07) is 11.6. The molecule has 20 heavy (non-hydrogen) atoms. The zero-order valence-electron chi connectivity index (χ0n) is 12.6. The smallest absolute Gasteiger partial charge is 0.0206 e. The lowest BCUT2D eigenvalue weighted by Gasteiger charge is -2.44. The van der Waals surface area contributed by atoms with Crippen LogP contribution in [0.2, 0.25) is 0 Å². The second kappa shape index (κ2) is 7.24. The third-order valence-corrected chi connectivity index (χ3v) is 5.11. The summed E-state index contributed by atoms with van der Waals surface area (Å²) in [6.07, 6.45) is 8.76. The van der Waals surface area contributed by atoms with E-state index in [1.54, 1.807) is 0 Å². The van der Waals surface area contributed by atoms with E-state index in [0.717, 1.165) is 25.0 Å². The van der Waals surface area contributed by atoms with Gasteiger partial charge >= 0.3 is 0 Å². The highest BCUT2D eigenvalue weighted by atomic mass is 15.2. The van der Waals surface area contributed by atoms with Crippen molar-refractivity contribution in [3.63, 3.8) is 0 Å². The summed E-state index contributed by atoms with van der Waals surface area (Å²) in [7, 11) is 0. The van der Waals surface area contributed by atoms with Gasteiger partial charge in [0.25, 0.3) is 0 Å². The first kappa shape index (κ1) is 14.1. The van der Waals surface area contributed by atoms with E-state index in [4.69, 9.17) is 0 Å². The average Bonchev–Trinajstić information content (AvgIpc) is 2.53. The van der Waals surface area contributed by atoms with Crippen LogP contribution in [0.1, 0.15) is 44.1 Å². The first-order valence-electron chi connectivity index (χ1n) is 8.42. The minimum Gasteiger partial charge on any atom is -0.311 e. The molecule has 1 aliphatic carbocycles. The van der Waals surface area contributed by atoms with Gasteiger partial charge in [0.15, 0.2) is 0 Å². The van der Waals surface area contributed by atoms with E-state index in [1.807, 2.05) is 0 Å². The van der Waals surface area contributed by atoms with Crippen LogP contribution in [-0.2, 0) is 6.54 Å². The number of likely N-dealkylation sites (tertiary alicyclic amines) is 1. The SMILES string of the molecule is c1ccc(CNCCN2CCC[C@H]3CCCC[C@@H]32)cc1. The first-order chi connectivity index (χ1) is 9.93. The van der Waals surface area contributed by atoms with Gasteiger partial charge in [-0.05, 0) is 43.7 Å². The van der Waals surface area contributed by atoms with Crippen molar-refractivity contribution in [3.8, 4) is 0 Å². The number of benzene rings is 1. The largest absolute Gasteiger partial charge is 0.311 e. The standard InChI is InChI=1S/C18H28N2/c1-2-7-16(8-3-1)15-19-12-14-20-13-6-10-17-9-4-5-11-18(17)20/h1-3,7-8,17-19H,4-6,9-15H2/t17-,18+/m1/s1. The minimum atomic E-state index is 0.899. The fourth-order valence-electron chi connectivity index (χ4n) is 4.06. The highest BCUT2D eigenvalue weighted by Crippen LogP contribution is 2.34. The second-order valence-electron chi connectivity index (χ2n) is 6.45. The van der Waals surface area contributed by atoms with Gasteiger partial charge in [-0.25, -0.2) is 0 Å². The van der Waals surface area contributed by atoms with Crippen LogP contribution in [0.15, 0.2) is 30.3 Å². The Morgan fingerprint density at radius 1 is 1.00 bits per heavy atom. The number of piperidine rings is 1. The molecule has 0 aromatic heterocycles. The van der Waals surface area contributed by atoms with Gasteiger partial charge in [-0.15, -0.1) is 0 Å². The van der Waals surface area contributed by atoms with Crippen LogP contribution in [0.4, 0.5) is 0 Å². The minimum absolute atomic E-state index is 0.899. The fraction of sp³-hybridized carbons (Fsp3) is 0.667. The van der Waals surface area contributed by atoms with Crippen LogP contribution in [0.25, 0.3) is 0 Å². The van der Waals surface area contributed by atoms with Gasteiger partial charge in [-0.3, -0.25) is 4.90 Å². The van der Waals surface area contributed by atoms with Gasteiger partial charge in [0.1, 0.15) is 0 Å². The van der Waals surface area contributed by atoms with Crippen molar-refractivity contribution in [2.24, 2.45) is 5.92 Å². The summed E-state index contributed by atoms with van der Waals surface area (Å²) in [5, 5.41) is 3.60. The molecule has 1 saturated heterocycles. The maximum absolute atomic E-state index is 3.60. The van der Waals surface area contributed by atoms with E-state index in [2.05, 4.69) is 40.5 Å². The van der Waals surface area contributed by atoms with Crippen LogP contribution >= 0.6 is 0 Å². The molecular weight excluding hydrogens is 244 g/mol. The van der Waals surface area contributed by atoms with Crippen LogP contribution < -0.4 is 5.32 Å². The van der Waals surface area contributed by atoms with Gasteiger partial charge in [0.05, 0.1) is 0 Å². The van der Waals surface area contributed by atoms with Crippen LogP contribution in [0, 0.1) is 5.92 Å². The molecule has 1 aromatic carbocycles. The number of nitrogens with one attached hydrogen (secondary N) is 1. The molecule has 2 nitrogen and oxygen atoms in total. The third kappa shape index (κ3) is 3.62. The topological polar surface area (TPSA) is 15.3 Å². The predicted octanol–water partition coefficient (Wildman–Crippen LogP) is 3.43. The summed E-state index contributed by atoms with van der Waals surface area (Å²) < 4.78 is 0. The molecule has 2 fully saturated rings. The molecule has 2 heteroatoms. The highest BCUT2D eigenvalue weighted by Gasteiger charge is 2.32. The Hall–Kier alpha value is -0.860. The second-order valence-corrected chi connectivity index (χ2v) is 6.45. The normalized spacial score (nSPS) is 27.2. The molecule has 1 aromatic rings. The summed E-state index contributed by atoms with van der Waals surface area (Å²) in [5.41, 5.74) is 1.39. The van der Waals surface area contributed by atoms with Crippen molar-refractivity contribution >= 4 is 0 Å². The molecule has 1 aliphatic heterocycles. The molecule has 1 N–H and O–H groups in total. The quantitative estimate of drug-likeness (QED) is 0.826. The molecule has 2 atom stereocenters. The van der Waals surface area contributed by atoms with Crippen molar-refractivity contribution in [1.29, 1.82) is 0 Å². The van der Waals surface area contributed by atoms with Crippen molar-refractivity contribution in [1.82, 2.24) is 10.2 Å². The Bertz CT molecular complexity index is 388. The zero-order chi connectivity index (χ0) is 13.6. The Balaban J connectivity index is 1.41. The van der Waals surface area contributed by atoms with Crippen molar-refractivity contribution < 1.29 is 0 Å². The van der Waals surface area contributed by atoms with E-state index < -0.39 is 0 Å². The number of hydrogen-bond acceptors (Lipinski definition) is 2. The predicted molar refractivity (Wildman–Crippen MR) is 84.7 cm³/mol. The molecule has 3 rings (SSSR count). The molecule has 1 saturated carbocycles. The Labute approximate surface area is 123 Å². The number of fused-ring (bicyclic) bond motifs is 1. The fourth-order valence-corrected chi connectivity index (χ4v) is 4.06. The molecule has 0 radical (unpaired) electrons. The molecule has 0 unspecified atom stereocenters. The zero-order valence-corrected chi connectivity index (χ0v) is 12.6. The van der Waals surface area contributed by atoms with Crippen LogP contribution in [0.3, 0.4) is 0 Å².